The molecule has 0 unspecified atom stereocenters. The molecule has 1 fully saturated rings. The zero-order valence-electron chi connectivity index (χ0n) is 10.7. The Labute approximate surface area is 120 Å². The highest BCUT2D eigenvalue weighted by molar-refractivity contribution is 6.64. The molecular formula is C12H11BClNO5. The van der Waals surface area contributed by atoms with Crippen LogP contribution in [0.15, 0.2) is 18.2 Å². The highest BCUT2D eigenvalue weighted by Gasteiger charge is 2.33. The lowest BCUT2D eigenvalue weighted by Gasteiger charge is -2.22. The Bertz CT molecular complexity index is 545. The third kappa shape index (κ3) is 3.37. The predicted molar refractivity (Wildman–Crippen MR) is 71.9 cm³/mol. The molecule has 0 aliphatic carbocycles. The van der Waals surface area contributed by atoms with Crippen molar-refractivity contribution in [3.8, 4) is 0 Å². The second-order valence-corrected chi connectivity index (χ2v) is 4.79. The van der Waals surface area contributed by atoms with Crippen molar-refractivity contribution in [3.63, 3.8) is 0 Å². The van der Waals surface area contributed by atoms with Gasteiger partial charge in [0.1, 0.15) is 0 Å². The predicted octanol–water partition coefficient (Wildman–Crippen LogP) is -0.121. The fraction of sp³-hybridized carbons (Fsp3) is 0.250. The quantitative estimate of drug-likeness (QED) is 0.559. The zero-order valence-corrected chi connectivity index (χ0v) is 11.4. The van der Waals surface area contributed by atoms with E-state index in [0.717, 1.165) is 0 Å². The average molecular weight is 295 g/mol. The molecule has 0 atom stereocenters. The zero-order chi connectivity index (χ0) is 14.7. The van der Waals surface area contributed by atoms with Crippen LogP contribution in [0.2, 0.25) is 5.02 Å². The summed E-state index contributed by atoms with van der Waals surface area (Å²) in [4.78, 5) is 35.4. The van der Waals surface area contributed by atoms with Crippen molar-refractivity contribution >= 4 is 42.4 Å². The molecular weight excluding hydrogens is 284 g/mol. The van der Waals surface area contributed by atoms with Crippen LogP contribution in [-0.2, 0) is 18.9 Å². The summed E-state index contributed by atoms with van der Waals surface area (Å²) in [5.41, 5.74) is 0.700. The second-order valence-electron chi connectivity index (χ2n) is 4.38. The molecule has 1 aliphatic rings. The minimum absolute atomic E-state index is 0.00818. The number of carbonyl (C=O) groups excluding carboxylic acids is 3. The van der Waals surface area contributed by atoms with Gasteiger partial charge in [0.25, 0.3) is 0 Å². The Hall–Kier alpha value is -1.86. The van der Waals surface area contributed by atoms with E-state index in [9.17, 15) is 14.4 Å². The molecule has 0 N–H and O–H groups in total. The van der Waals surface area contributed by atoms with E-state index in [1.54, 1.807) is 7.05 Å². The number of halogens is 1. The van der Waals surface area contributed by atoms with Crippen LogP contribution in [0, 0.1) is 0 Å². The highest BCUT2D eigenvalue weighted by Crippen LogP contribution is 2.12. The Balaban J connectivity index is 2.25. The lowest BCUT2D eigenvalue weighted by molar-refractivity contribution is -0.145. The van der Waals surface area contributed by atoms with Crippen molar-refractivity contribution in [3.05, 3.63) is 28.8 Å². The van der Waals surface area contributed by atoms with Gasteiger partial charge in [-0.2, -0.15) is 0 Å². The van der Waals surface area contributed by atoms with Crippen molar-refractivity contribution in [1.29, 1.82) is 0 Å². The molecule has 0 aromatic heterocycles. The Morgan fingerprint density at radius 2 is 1.85 bits per heavy atom. The number of likely N-dealkylation sites (N-methyl/N-ethyl adjacent to an activating group) is 1. The number of rotatable bonds is 2. The maximum Gasteiger partial charge on any atom is 0.636 e. The molecule has 8 heteroatoms. The van der Waals surface area contributed by atoms with E-state index in [1.807, 2.05) is 0 Å². The molecule has 2 rings (SSSR count). The van der Waals surface area contributed by atoms with Crippen LogP contribution >= 0.6 is 11.6 Å². The monoisotopic (exact) mass is 295 g/mol. The summed E-state index contributed by atoms with van der Waals surface area (Å²) in [5.74, 6) is -1.03. The fourth-order valence-electron chi connectivity index (χ4n) is 1.76. The summed E-state index contributed by atoms with van der Waals surface area (Å²) >= 11 is 5.90. The molecule has 1 heterocycles. The Morgan fingerprint density at radius 3 is 2.35 bits per heavy atom. The van der Waals surface area contributed by atoms with E-state index < -0.39 is 19.1 Å². The van der Waals surface area contributed by atoms with E-state index >= 15 is 0 Å². The van der Waals surface area contributed by atoms with Crippen LogP contribution in [-0.4, -0.2) is 50.4 Å². The van der Waals surface area contributed by atoms with E-state index in [0.29, 0.717) is 17.3 Å². The standard InChI is InChI=1S/C12H11BClNO5/c1-15-5-11(17)19-13(20-12(18)6-15)9-3-2-8(7-16)10(14)4-9/h2-4,7H,5-6H2,1H3. The van der Waals surface area contributed by atoms with Gasteiger partial charge >= 0.3 is 19.1 Å². The smallest absolute Gasteiger partial charge is 0.494 e. The molecule has 6 nitrogen and oxygen atoms in total. The first-order chi connectivity index (χ1) is 9.49. The molecule has 0 bridgehead atoms. The molecule has 1 saturated heterocycles. The molecule has 0 saturated carbocycles. The number of aldehydes is 1. The van der Waals surface area contributed by atoms with Crippen molar-refractivity contribution < 1.29 is 23.7 Å². The normalized spacial score (nSPS) is 17.0. The first-order valence-electron chi connectivity index (χ1n) is 5.81. The van der Waals surface area contributed by atoms with E-state index in [4.69, 9.17) is 20.9 Å². The van der Waals surface area contributed by atoms with E-state index in [1.165, 1.54) is 23.1 Å². The third-order valence-electron chi connectivity index (χ3n) is 2.70. The van der Waals surface area contributed by atoms with Gasteiger partial charge in [-0.15, -0.1) is 0 Å². The Morgan fingerprint density at radius 1 is 1.25 bits per heavy atom. The molecule has 1 aromatic rings. The van der Waals surface area contributed by atoms with E-state index in [2.05, 4.69) is 0 Å². The van der Waals surface area contributed by atoms with Gasteiger partial charge in [0.2, 0.25) is 0 Å². The van der Waals surface area contributed by atoms with Crippen LogP contribution in [0.3, 0.4) is 0 Å². The molecule has 1 aromatic carbocycles. The number of nitrogens with zero attached hydrogens (tertiary/aromatic N) is 1. The topological polar surface area (TPSA) is 72.9 Å². The van der Waals surface area contributed by atoms with Gasteiger partial charge in [-0.05, 0) is 13.1 Å². The molecule has 0 radical (unpaired) electrons. The number of hydrogen-bond acceptors (Lipinski definition) is 6. The van der Waals surface area contributed by atoms with E-state index in [-0.39, 0.29) is 18.1 Å². The second kappa shape index (κ2) is 6.07. The summed E-state index contributed by atoms with van der Waals surface area (Å²) in [6, 6.07) is 4.42. The van der Waals surface area contributed by atoms with Gasteiger partial charge in [0.15, 0.2) is 6.29 Å². The minimum Gasteiger partial charge on any atom is -0.494 e. The van der Waals surface area contributed by atoms with Crippen molar-refractivity contribution in [1.82, 2.24) is 4.90 Å². The van der Waals surface area contributed by atoms with Gasteiger partial charge < -0.3 is 9.31 Å². The molecule has 0 spiro atoms. The average Bonchev–Trinajstić information content (AvgIpc) is 2.35. The number of hydrogen-bond donors (Lipinski definition) is 0. The Kier molecular flexibility index (Phi) is 4.41. The summed E-state index contributed by atoms with van der Waals surface area (Å²) in [7, 11) is 0.459. The van der Waals surface area contributed by atoms with Crippen LogP contribution in [0.4, 0.5) is 0 Å². The van der Waals surface area contributed by atoms with Gasteiger partial charge in [0, 0.05) is 11.0 Å². The summed E-state index contributed by atoms with van der Waals surface area (Å²) in [6.45, 7) is -0.0164. The minimum atomic E-state index is -1.15. The van der Waals surface area contributed by atoms with Crippen molar-refractivity contribution in [2.24, 2.45) is 0 Å². The van der Waals surface area contributed by atoms with Gasteiger partial charge in [-0.1, -0.05) is 23.7 Å². The van der Waals surface area contributed by atoms with Gasteiger partial charge in [-0.3, -0.25) is 19.3 Å². The summed E-state index contributed by atoms with van der Waals surface area (Å²) in [6.07, 6.45) is 0.608. The van der Waals surface area contributed by atoms with Crippen molar-refractivity contribution in [2.75, 3.05) is 20.1 Å². The molecule has 20 heavy (non-hydrogen) atoms. The maximum absolute atomic E-state index is 11.6. The first kappa shape index (κ1) is 14.6. The summed E-state index contributed by atoms with van der Waals surface area (Å²) < 4.78 is 10.2. The largest absolute Gasteiger partial charge is 0.636 e. The van der Waals surface area contributed by atoms with Crippen LogP contribution in [0.1, 0.15) is 10.4 Å². The van der Waals surface area contributed by atoms with Crippen LogP contribution in [0.5, 0.6) is 0 Å². The van der Waals surface area contributed by atoms with Crippen molar-refractivity contribution in [2.45, 2.75) is 0 Å². The third-order valence-corrected chi connectivity index (χ3v) is 3.03. The highest BCUT2D eigenvalue weighted by atomic mass is 35.5. The molecule has 1 aliphatic heterocycles. The first-order valence-corrected chi connectivity index (χ1v) is 6.19. The van der Waals surface area contributed by atoms with Gasteiger partial charge in [-0.25, -0.2) is 0 Å². The lowest BCUT2D eigenvalue weighted by atomic mass is 9.78. The fourth-order valence-corrected chi connectivity index (χ4v) is 1.99. The SMILES string of the molecule is CN1CC(=O)OB(c2ccc(C=O)c(Cl)c2)OC(=O)C1. The summed E-state index contributed by atoms with van der Waals surface area (Å²) in [5, 5.41) is 0.198. The van der Waals surface area contributed by atoms with Gasteiger partial charge in [0.05, 0.1) is 18.1 Å². The molecule has 0 amide bonds. The number of benzene rings is 1. The molecule has 104 valence electrons. The van der Waals surface area contributed by atoms with Crippen LogP contribution in [0.25, 0.3) is 0 Å². The van der Waals surface area contributed by atoms with Crippen LogP contribution < -0.4 is 5.46 Å². The lowest BCUT2D eigenvalue weighted by Crippen LogP contribution is -2.47. The maximum atomic E-state index is 11.6. The number of carbonyl (C=O) groups is 3.